The van der Waals surface area contributed by atoms with E-state index in [1.807, 2.05) is 12.1 Å². The van der Waals surface area contributed by atoms with E-state index < -0.39 is 0 Å². The summed E-state index contributed by atoms with van der Waals surface area (Å²) in [6.07, 6.45) is 3.65. The van der Waals surface area contributed by atoms with Crippen LogP contribution in [-0.2, 0) is 11.3 Å². The van der Waals surface area contributed by atoms with Crippen molar-refractivity contribution in [1.82, 2.24) is 10.2 Å². The number of amides is 1. The Morgan fingerprint density at radius 2 is 2.10 bits per heavy atom. The third kappa shape index (κ3) is 4.94. The predicted molar refractivity (Wildman–Crippen MR) is 82.7 cm³/mol. The van der Waals surface area contributed by atoms with Crippen molar-refractivity contribution in [3.63, 3.8) is 0 Å². The zero-order chi connectivity index (χ0) is 14.2. The Hall–Kier alpha value is -1.39. The van der Waals surface area contributed by atoms with Gasteiger partial charge in [0.15, 0.2) is 0 Å². The standard InChI is InChI=1S/C16H25N3O/c1-2-8-17-12-16(20)18-15-7-5-6-14(11-15)13-19-9-3-4-10-19/h5-7,11,17H,2-4,8-10,12-13H2,1H3,(H,18,20). The van der Waals surface area contributed by atoms with Crippen molar-refractivity contribution in [2.45, 2.75) is 32.7 Å². The highest BCUT2D eigenvalue weighted by molar-refractivity contribution is 5.92. The van der Waals surface area contributed by atoms with E-state index in [2.05, 4.69) is 34.6 Å². The molecule has 2 N–H and O–H groups in total. The molecule has 0 atom stereocenters. The van der Waals surface area contributed by atoms with E-state index in [-0.39, 0.29) is 5.91 Å². The number of carbonyl (C=O) groups is 1. The molecule has 1 saturated heterocycles. The largest absolute Gasteiger partial charge is 0.325 e. The molecule has 20 heavy (non-hydrogen) atoms. The first kappa shape index (κ1) is 15.0. The van der Waals surface area contributed by atoms with E-state index in [9.17, 15) is 4.79 Å². The molecule has 2 rings (SSSR count). The molecule has 4 nitrogen and oxygen atoms in total. The molecule has 0 bridgehead atoms. The molecule has 1 aromatic rings. The molecule has 0 aromatic heterocycles. The molecule has 1 fully saturated rings. The molecular formula is C16H25N3O. The smallest absolute Gasteiger partial charge is 0.238 e. The lowest BCUT2D eigenvalue weighted by Crippen LogP contribution is -2.28. The van der Waals surface area contributed by atoms with Crippen LogP contribution in [0.25, 0.3) is 0 Å². The zero-order valence-corrected chi connectivity index (χ0v) is 12.3. The quantitative estimate of drug-likeness (QED) is 0.750. The van der Waals surface area contributed by atoms with Gasteiger partial charge in [0.1, 0.15) is 0 Å². The Kier molecular flexibility index (Phi) is 6.02. The molecule has 4 heteroatoms. The van der Waals surface area contributed by atoms with E-state index in [1.54, 1.807) is 0 Å². The van der Waals surface area contributed by atoms with Gasteiger partial charge in [0.05, 0.1) is 6.54 Å². The average Bonchev–Trinajstić information content (AvgIpc) is 2.92. The van der Waals surface area contributed by atoms with Crippen LogP contribution >= 0.6 is 0 Å². The van der Waals surface area contributed by atoms with Crippen LogP contribution in [-0.4, -0.2) is 37.0 Å². The molecule has 110 valence electrons. The molecule has 0 spiro atoms. The maximum absolute atomic E-state index is 11.8. The molecule has 0 radical (unpaired) electrons. The lowest BCUT2D eigenvalue weighted by molar-refractivity contribution is -0.115. The Morgan fingerprint density at radius 3 is 2.85 bits per heavy atom. The second-order valence-corrected chi connectivity index (χ2v) is 5.41. The Balaban J connectivity index is 1.83. The van der Waals surface area contributed by atoms with Gasteiger partial charge in [-0.25, -0.2) is 0 Å². The van der Waals surface area contributed by atoms with Crippen LogP contribution in [0.4, 0.5) is 5.69 Å². The van der Waals surface area contributed by atoms with Crippen LogP contribution in [0.3, 0.4) is 0 Å². The second-order valence-electron chi connectivity index (χ2n) is 5.41. The number of rotatable bonds is 7. The van der Waals surface area contributed by atoms with Gasteiger partial charge in [0.25, 0.3) is 0 Å². The lowest BCUT2D eigenvalue weighted by atomic mass is 10.2. The van der Waals surface area contributed by atoms with Crippen LogP contribution in [0, 0.1) is 0 Å². The van der Waals surface area contributed by atoms with Crippen molar-refractivity contribution >= 4 is 11.6 Å². The number of anilines is 1. The predicted octanol–water partition coefficient (Wildman–Crippen LogP) is 2.22. The van der Waals surface area contributed by atoms with E-state index in [0.717, 1.165) is 25.2 Å². The summed E-state index contributed by atoms with van der Waals surface area (Å²) in [7, 11) is 0. The van der Waals surface area contributed by atoms with E-state index in [1.165, 1.54) is 31.5 Å². The number of likely N-dealkylation sites (tertiary alicyclic amines) is 1. The summed E-state index contributed by atoms with van der Waals surface area (Å²) in [5.74, 6) is 0.0248. The first-order valence-corrected chi connectivity index (χ1v) is 7.60. The van der Waals surface area contributed by atoms with Crippen LogP contribution in [0.15, 0.2) is 24.3 Å². The van der Waals surface area contributed by atoms with Gasteiger partial charge in [-0.05, 0) is 56.6 Å². The molecule has 1 heterocycles. The van der Waals surface area contributed by atoms with Crippen molar-refractivity contribution in [2.24, 2.45) is 0 Å². The Bertz CT molecular complexity index is 427. The highest BCUT2D eigenvalue weighted by atomic mass is 16.1. The van der Waals surface area contributed by atoms with Crippen LogP contribution in [0.5, 0.6) is 0 Å². The third-order valence-electron chi connectivity index (χ3n) is 3.53. The fourth-order valence-corrected chi connectivity index (χ4v) is 2.53. The molecule has 0 saturated carbocycles. The van der Waals surface area contributed by atoms with Crippen molar-refractivity contribution < 1.29 is 4.79 Å². The summed E-state index contributed by atoms with van der Waals surface area (Å²) in [5.41, 5.74) is 2.16. The lowest BCUT2D eigenvalue weighted by Gasteiger charge is -2.15. The second kappa shape index (κ2) is 8.02. The van der Waals surface area contributed by atoms with E-state index >= 15 is 0 Å². The Morgan fingerprint density at radius 1 is 1.30 bits per heavy atom. The zero-order valence-electron chi connectivity index (χ0n) is 12.3. The third-order valence-corrected chi connectivity index (χ3v) is 3.53. The summed E-state index contributed by atoms with van der Waals surface area (Å²) in [5, 5.41) is 6.05. The summed E-state index contributed by atoms with van der Waals surface area (Å²) >= 11 is 0. The van der Waals surface area contributed by atoms with Crippen LogP contribution < -0.4 is 10.6 Å². The normalized spacial score (nSPS) is 15.4. The van der Waals surface area contributed by atoms with Gasteiger partial charge in [-0.2, -0.15) is 0 Å². The average molecular weight is 275 g/mol. The van der Waals surface area contributed by atoms with Crippen molar-refractivity contribution in [1.29, 1.82) is 0 Å². The van der Waals surface area contributed by atoms with Gasteiger partial charge >= 0.3 is 0 Å². The fraction of sp³-hybridized carbons (Fsp3) is 0.562. The van der Waals surface area contributed by atoms with Crippen LogP contribution in [0.2, 0.25) is 0 Å². The van der Waals surface area contributed by atoms with E-state index in [0.29, 0.717) is 6.54 Å². The first-order valence-electron chi connectivity index (χ1n) is 7.60. The summed E-state index contributed by atoms with van der Waals surface area (Å²) in [4.78, 5) is 14.2. The SMILES string of the molecule is CCCNCC(=O)Nc1cccc(CN2CCCC2)c1. The maximum Gasteiger partial charge on any atom is 0.238 e. The van der Waals surface area contributed by atoms with Gasteiger partial charge in [-0.3, -0.25) is 9.69 Å². The van der Waals surface area contributed by atoms with Crippen molar-refractivity contribution in [3.05, 3.63) is 29.8 Å². The van der Waals surface area contributed by atoms with E-state index in [4.69, 9.17) is 0 Å². The van der Waals surface area contributed by atoms with Gasteiger partial charge in [0, 0.05) is 12.2 Å². The number of hydrogen-bond acceptors (Lipinski definition) is 3. The van der Waals surface area contributed by atoms with Crippen LogP contribution in [0.1, 0.15) is 31.7 Å². The summed E-state index contributed by atoms with van der Waals surface area (Å²) < 4.78 is 0. The molecule has 0 unspecified atom stereocenters. The topological polar surface area (TPSA) is 44.4 Å². The minimum Gasteiger partial charge on any atom is -0.325 e. The number of hydrogen-bond donors (Lipinski definition) is 2. The highest BCUT2D eigenvalue weighted by Gasteiger charge is 2.11. The Labute approximate surface area is 121 Å². The molecule has 1 amide bonds. The molecule has 1 aliphatic rings. The number of nitrogens with zero attached hydrogens (tertiary/aromatic N) is 1. The van der Waals surface area contributed by atoms with Crippen molar-refractivity contribution in [2.75, 3.05) is 31.5 Å². The summed E-state index contributed by atoms with van der Waals surface area (Å²) in [6.45, 7) is 6.71. The monoisotopic (exact) mass is 275 g/mol. The minimum absolute atomic E-state index is 0.0248. The first-order chi connectivity index (χ1) is 9.78. The van der Waals surface area contributed by atoms with Gasteiger partial charge in [0.2, 0.25) is 5.91 Å². The molecule has 1 aliphatic heterocycles. The fourth-order valence-electron chi connectivity index (χ4n) is 2.53. The molecule has 1 aromatic carbocycles. The number of benzene rings is 1. The number of nitrogens with one attached hydrogen (secondary N) is 2. The number of carbonyl (C=O) groups excluding carboxylic acids is 1. The van der Waals surface area contributed by atoms with Gasteiger partial charge < -0.3 is 10.6 Å². The van der Waals surface area contributed by atoms with Gasteiger partial charge in [-0.1, -0.05) is 19.1 Å². The molecular weight excluding hydrogens is 250 g/mol. The van der Waals surface area contributed by atoms with Gasteiger partial charge in [-0.15, -0.1) is 0 Å². The van der Waals surface area contributed by atoms with Crippen molar-refractivity contribution in [3.8, 4) is 0 Å². The minimum atomic E-state index is 0.0248. The molecule has 0 aliphatic carbocycles. The highest BCUT2D eigenvalue weighted by Crippen LogP contribution is 2.16. The maximum atomic E-state index is 11.8. The summed E-state index contributed by atoms with van der Waals surface area (Å²) in [6, 6.07) is 8.17.